The molecule has 0 spiro atoms. The van der Waals surface area contributed by atoms with E-state index in [1.165, 1.54) is 0 Å². The highest BCUT2D eigenvalue weighted by Gasteiger charge is 2.07. The van der Waals surface area contributed by atoms with Crippen molar-refractivity contribution in [2.75, 3.05) is 18.4 Å². The molecule has 1 aromatic rings. The second kappa shape index (κ2) is 12.3. The quantitative estimate of drug-likeness (QED) is 0.551. The second-order valence-electron chi connectivity index (χ2n) is 5.24. The van der Waals surface area contributed by atoms with E-state index in [1.54, 1.807) is 0 Å². The van der Waals surface area contributed by atoms with E-state index >= 15 is 0 Å². The van der Waals surface area contributed by atoms with Crippen LogP contribution in [0.5, 0.6) is 0 Å². The van der Waals surface area contributed by atoms with Crippen molar-refractivity contribution in [3.8, 4) is 0 Å². The third-order valence-electron chi connectivity index (χ3n) is 3.27. The number of halogens is 2. The molecule has 1 rings (SSSR count). The third-order valence-corrected chi connectivity index (χ3v) is 3.76. The highest BCUT2D eigenvalue weighted by molar-refractivity contribution is 9.10. The maximum atomic E-state index is 11.8. The largest absolute Gasteiger partial charge is 0.347 e. The number of aryl methyl sites for hydroxylation is 1. The average Bonchev–Trinajstić information content (AvgIpc) is 2.48. The Hall–Kier alpha value is -1.11. The van der Waals surface area contributed by atoms with Crippen molar-refractivity contribution in [3.63, 3.8) is 0 Å². The van der Waals surface area contributed by atoms with Gasteiger partial charge in [0.05, 0.1) is 6.54 Å². The first-order valence-electron chi connectivity index (χ1n) is 7.55. The van der Waals surface area contributed by atoms with Gasteiger partial charge in [-0.15, -0.1) is 12.4 Å². The molecule has 0 radical (unpaired) electrons. The first kappa shape index (κ1) is 21.9. The van der Waals surface area contributed by atoms with Gasteiger partial charge in [-0.1, -0.05) is 28.8 Å². The Kier molecular flexibility index (Phi) is 11.7. The molecule has 1 aromatic carbocycles. The molecule has 0 saturated heterocycles. The number of anilines is 1. The zero-order chi connectivity index (χ0) is 16.4. The van der Waals surface area contributed by atoms with Gasteiger partial charge in [0, 0.05) is 16.6 Å². The predicted octanol–water partition coefficient (Wildman–Crippen LogP) is 3.14. The van der Waals surface area contributed by atoms with E-state index in [-0.39, 0.29) is 30.8 Å². The summed E-state index contributed by atoms with van der Waals surface area (Å²) in [5, 5.41) is 5.43. The molecule has 0 saturated carbocycles. The highest BCUT2D eigenvalue weighted by atomic mass is 79.9. The lowest BCUT2D eigenvalue weighted by Crippen LogP contribution is -2.32. The van der Waals surface area contributed by atoms with Crippen molar-refractivity contribution in [2.24, 2.45) is 5.73 Å². The molecular formula is C16H25BrClN3O2. The molecule has 5 nitrogen and oxygen atoms in total. The summed E-state index contributed by atoms with van der Waals surface area (Å²) in [4.78, 5) is 23.4. The molecule has 4 N–H and O–H groups in total. The number of benzene rings is 1. The number of hydrogen-bond donors (Lipinski definition) is 3. The second-order valence-corrected chi connectivity index (χ2v) is 6.15. The van der Waals surface area contributed by atoms with Crippen molar-refractivity contribution in [1.29, 1.82) is 0 Å². The lowest BCUT2D eigenvalue weighted by molar-refractivity contribution is -0.124. The van der Waals surface area contributed by atoms with Gasteiger partial charge in [0.25, 0.3) is 0 Å². The Balaban J connectivity index is 0.00000484. The Morgan fingerprint density at radius 3 is 2.48 bits per heavy atom. The Morgan fingerprint density at radius 1 is 1.13 bits per heavy atom. The van der Waals surface area contributed by atoms with Gasteiger partial charge in [0.1, 0.15) is 0 Å². The minimum Gasteiger partial charge on any atom is -0.347 e. The Labute approximate surface area is 152 Å². The molecule has 0 aliphatic carbocycles. The van der Waals surface area contributed by atoms with Crippen molar-refractivity contribution in [3.05, 3.63) is 28.2 Å². The van der Waals surface area contributed by atoms with Crippen LogP contribution in [0.4, 0.5) is 5.69 Å². The van der Waals surface area contributed by atoms with E-state index in [0.717, 1.165) is 41.4 Å². The van der Waals surface area contributed by atoms with Gasteiger partial charge in [0.2, 0.25) is 11.8 Å². The van der Waals surface area contributed by atoms with Gasteiger partial charge in [-0.25, -0.2) is 0 Å². The lowest BCUT2D eigenvalue weighted by Gasteiger charge is -2.09. The molecule has 0 aromatic heterocycles. The minimum atomic E-state index is -0.220. The normalized spacial score (nSPS) is 9.87. The van der Waals surface area contributed by atoms with Crippen molar-refractivity contribution in [2.45, 2.75) is 39.0 Å². The molecule has 23 heavy (non-hydrogen) atoms. The third kappa shape index (κ3) is 9.58. The summed E-state index contributed by atoms with van der Waals surface area (Å²) in [6.07, 6.45) is 4.33. The molecular weight excluding hydrogens is 382 g/mol. The van der Waals surface area contributed by atoms with E-state index in [2.05, 4.69) is 26.6 Å². The van der Waals surface area contributed by atoms with Crippen LogP contribution in [0.3, 0.4) is 0 Å². The fraction of sp³-hybridized carbons (Fsp3) is 0.500. The van der Waals surface area contributed by atoms with Crippen LogP contribution in [-0.2, 0) is 9.59 Å². The molecule has 0 atom stereocenters. The minimum absolute atomic E-state index is 0. The standard InChI is InChI=1S/C16H24BrN3O2.ClH/c1-12-10-13(17)7-8-14(12)20-16(22)11-19-15(21)6-4-2-3-5-9-18;/h7-8,10H,2-6,9,11,18H2,1H3,(H,19,21)(H,20,22);1H. The van der Waals surface area contributed by atoms with Gasteiger partial charge < -0.3 is 16.4 Å². The SMILES string of the molecule is Cc1cc(Br)ccc1NC(=O)CNC(=O)CCCCCCN.Cl. The number of nitrogens with one attached hydrogen (secondary N) is 2. The maximum Gasteiger partial charge on any atom is 0.243 e. The average molecular weight is 407 g/mol. The van der Waals surface area contributed by atoms with Crippen LogP contribution >= 0.6 is 28.3 Å². The van der Waals surface area contributed by atoms with Gasteiger partial charge in [-0.05, 0) is 50.1 Å². The van der Waals surface area contributed by atoms with Crippen LogP contribution in [0.25, 0.3) is 0 Å². The molecule has 2 amide bonds. The topological polar surface area (TPSA) is 84.2 Å². The summed E-state index contributed by atoms with van der Waals surface area (Å²) in [5.74, 6) is -0.308. The smallest absolute Gasteiger partial charge is 0.243 e. The zero-order valence-electron chi connectivity index (χ0n) is 13.4. The summed E-state index contributed by atoms with van der Waals surface area (Å²) >= 11 is 3.38. The molecule has 130 valence electrons. The fourth-order valence-corrected chi connectivity index (χ4v) is 2.49. The van der Waals surface area contributed by atoms with Crippen molar-refractivity contribution in [1.82, 2.24) is 5.32 Å². The number of rotatable bonds is 9. The molecule has 0 unspecified atom stereocenters. The number of carbonyl (C=O) groups is 2. The molecule has 7 heteroatoms. The van der Waals surface area contributed by atoms with Crippen LogP contribution in [0.2, 0.25) is 0 Å². The highest BCUT2D eigenvalue weighted by Crippen LogP contribution is 2.19. The van der Waals surface area contributed by atoms with Gasteiger partial charge in [-0.3, -0.25) is 9.59 Å². The number of amides is 2. The van der Waals surface area contributed by atoms with Crippen LogP contribution in [-0.4, -0.2) is 24.9 Å². The van der Waals surface area contributed by atoms with E-state index in [0.29, 0.717) is 13.0 Å². The van der Waals surface area contributed by atoms with Gasteiger partial charge >= 0.3 is 0 Å². The number of carbonyl (C=O) groups excluding carboxylic acids is 2. The Morgan fingerprint density at radius 2 is 1.83 bits per heavy atom. The Bertz CT molecular complexity index is 512. The summed E-state index contributed by atoms with van der Waals surface area (Å²) in [6, 6.07) is 5.62. The first-order chi connectivity index (χ1) is 10.5. The van der Waals surface area contributed by atoms with E-state index in [9.17, 15) is 9.59 Å². The molecule has 0 aliphatic rings. The lowest BCUT2D eigenvalue weighted by atomic mass is 10.1. The predicted molar refractivity (Wildman–Crippen MR) is 99.9 cm³/mol. The van der Waals surface area contributed by atoms with Crippen LogP contribution in [0.15, 0.2) is 22.7 Å². The van der Waals surface area contributed by atoms with Crippen LogP contribution in [0.1, 0.15) is 37.7 Å². The van der Waals surface area contributed by atoms with Crippen LogP contribution in [0, 0.1) is 6.92 Å². The van der Waals surface area contributed by atoms with Gasteiger partial charge in [-0.2, -0.15) is 0 Å². The first-order valence-corrected chi connectivity index (χ1v) is 8.35. The van der Waals surface area contributed by atoms with Crippen LogP contribution < -0.4 is 16.4 Å². The fourth-order valence-electron chi connectivity index (χ4n) is 2.01. The number of hydrogen-bond acceptors (Lipinski definition) is 3. The summed E-state index contributed by atoms with van der Waals surface area (Å²) in [5.41, 5.74) is 7.13. The zero-order valence-corrected chi connectivity index (χ0v) is 15.8. The van der Waals surface area contributed by atoms with E-state index < -0.39 is 0 Å². The number of nitrogens with two attached hydrogens (primary N) is 1. The van der Waals surface area contributed by atoms with E-state index in [1.807, 2.05) is 25.1 Å². The monoisotopic (exact) mass is 405 g/mol. The van der Waals surface area contributed by atoms with Crippen molar-refractivity contribution >= 4 is 45.8 Å². The maximum absolute atomic E-state index is 11.8. The molecule has 0 heterocycles. The summed E-state index contributed by atoms with van der Waals surface area (Å²) in [7, 11) is 0. The molecule has 0 fully saturated rings. The van der Waals surface area contributed by atoms with Crippen molar-refractivity contribution < 1.29 is 9.59 Å². The van der Waals surface area contributed by atoms with E-state index in [4.69, 9.17) is 5.73 Å². The number of unbranched alkanes of at least 4 members (excludes halogenated alkanes) is 3. The molecule has 0 aliphatic heterocycles. The van der Waals surface area contributed by atoms with Gasteiger partial charge in [0.15, 0.2) is 0 Å². The summed E-state index contributed by atoms with van der Waals surface area (Å²) < 4.78 is 0.964. The molecule has 0 bridgehead atoms. The summed E-state index contributed by atoms with van der Waals surface area (Å²) in [6.45, 7) is 2.61.